The minimum Gasteiger partial charge on any atom is -0.342 e. The monoisotopic (exact) mass is 290 g/mol. The Morgan fingerprint density at radius 1 is 1.38 bits per heavy atom. The predicted octanol–water partition coefficient (Wildman–Crippen LogP) is 0.250. The van der Waals surface area contributed by atoms with Gasteiger partial charge in [-0.1, -0.05) is 6.07 Å². The molecule has 0 bridgehead atoms. The average Bonchev–Trinajstić information content (AvgIpc) is 2.53. The maximum atomic E-state index is 12.1. The normalized spacial score (nSPS) is 16.5. The first-order valence-corrected chi connectivity index (χ1v) is 7.21. The zero-order valence-corrected chi connectivity index (χ0v) is 12.6. The molecule has 1 aromatic heterocycles. The number of hydrogen-bond donors (Lipinski definition) is 1. The van der Waals surface area contributed by atoms with Crippen LogP contribution in [0.1, 0.15) is 18.5 Å². The Kier molecular flexibility index (Phi) is 5.27. The van der Waals surface area contributed by atoms with Crippen molar-refractivity contribution in [1.82, 2.24) is 20.1 Å². The van der Waals surface area contributed by atoms with Gasteiger partial charge in [0.15, 0.2) is 0 Å². The van der Waals surface area contributed by atoms with Crippen molar-refractivity contribution in [2.45, 2.75) is 25.4 Å². The molecule has 2 amide bonds. The molecule has 1 aromatic rings. The molecule has 1 aliphatic rings. The Hall–Kier alpha value is -1.95. The van der Waals surface area contributed by atoms with Crippen LogP contribution in [0.5, 0.6) is 0 Å². The summed E-state index contributed by atoms with van der Waals surface area (Å²) in [6.45, 7) is 2.18. The van der Waals surface area contributed by atoms with Gasteiger partial charge in [-0.3, -0.25) is 14.6 Å². The molecule has 0 spiro atoms. The first-order valence-electron chi connectivity index (χ1n) is 7.21. The number of amides is 2. The molecule has 0 atom stereocenters. The highest BCUT2D eigenvalue weighted by Gasteiger charge is 2.27. The number of hydrogen-bond acceptors (Lipinski definition) is 4. The summed E-state index contributed by atoms with van der Waals surface area (Å²) in [5.74, 6) is -1.04. The number of likely N-dealkylation sites (tertiary alicyclic amines) is 1. The van der Waals surface area contributed by atoms with Crippen molar-refractivity contribution in [2.75, 3.05) is 27.2 Å². The maximum absolute atomic E-state index is 12.1. The molecular weight excluding hydrogens is 268 g/mol. The van der Waals surface area contributed by atoms with Crippen molar-refractivity contribution in [3.63, 3.8) is 0 Å². The third-order valence-corrected chi connectivity index (χ3v) is 3.91. The third kappa shape index (κ3) is 4.26. The molecule has 1 saturated heterocycles. The van der Waals surface area contributed by atoms with Crippen LogP contribution in [0.15, 0.2) is 24.4 Å². The van der Waals surface area contributed by atoms with Gasteiger partial charge in [0, 0.05) is 19.3 Å². The third-order valence-electron chi connectivity index (χ3n) is 3.91. The smallest absolute Gasteiger partial charge is 0.311 e. The number of piperidine rings is 1. The lowest BCUT2D eigenvalue weighted by molar-refractivity contribution is -0.147. The molecule has 114 valence electrons. The SMILES string of the molecule is CN1CCC(N(C)C(=O)C(=O)NCc2ccccn2)CC1. The molecule has 1 N–H and O–H groups in total. The van der Waals surface area contributed by atoms with E-state index >= 15 is 0 Å². The predicted molar refractivity (Wildman–Crippen MR) is 79.4 cm³/mol. The number of pyridine rings is 1. The van der Waals surface area contributed by atoms with Crippen LogP contribution in [0.25, 0.3) is 0 Å². The number of carbonyl (C=O) groups is 2. The number of aromatic nitrogens is 1. The van der Waals surface area contributed by atoms with E-state index in [1.165, 1.54) is 0 Å². The van der Waals surface area contributed by atoms with Crippen LogP contribution in [-0.2, 0) is 16.1 Å². The van der Waals surface area contributed by atoms with E-state index in [9.17, 15) is 9.59 Å². The summed E-state index contributed by atoms with van der Waals surface area (Å²) < 4.78 is 0. The molecule has 0 saturated carbocycles. The van der Waals surface area contributed by atoms with Gasteiger partial charge in [0.25, 0.3) is 0 Å². The lowest BCUT2D eigenvalue weighted by Gasteiger charge is -2.34. The molecule has 0 aromatic carbocycles. The van der Waals surface area contributed by atoms with Gasteiger partial charge in [0.1, 0.15) is 0 Å². The summed E-state index contributed by atoms with van der Waals surface area (Å²) in [5.41, 5.74) is 0.737. The van der Waals surface area contributed by atoms with Crippen molar-refractivity contribution >= 4 is 11.8 Å². The van der Waals surface area contributed by atoms with Gasteiger partial charge in [0.2, 0.25) is 0 Å². The number of nitrogens with one attached hydrogen (secondary N) is 1. The quantitative estimate of drug-likeness (QED) is 0.811. The maximum Gasteiger partial charge on any atom is 0.311 e. The van der Waals surface area contributed by atoms with Gasteiger partial charge in [-0.05, 0) is 45.1 Å². The molecule has 6 nitrogen and oxygen atoms in total. The second-order valence-electron chi connectivity index (χ2n) is 5.45. The first-order chi connectivity index (χ1) is 10.1. The summed E-state index contributed by atoms with van der Waals surface area (Å²) >= 11 is 0. The first kappa shape index (κ1) is 15.4. The largest absolute Gasteiger partial charge is 0.342 e. The van der Waals surface area contributed by atoms with Gasteiger partial charge in [0.05, 0.1) is 12.2 Å². The number of rotatable bonds is 3. The molecule has 0 aliphatic carbocycles. The lowest BCUT2D eigenvalue weighted by atomic mass is 10.0. The minimum atomic E-state index is -0.568. The lowest BCUT2D eigenvalue weighted by Crippen LogP contribution is -2.49. The zero-order valence-electron chi connectivity index (χ0n) is 12.6. The standard InChI is InChI=1S/C15H22N4O2/c1-18-9-6-13(7-10-18)19(2)15(21)14(20)17-11-12-5-3-4-8-16-12/h3-5,8,13H,6-7,9-11H2,1-2H3,(H,17,20). The van der Waals surface area contributed by atoms with Crippen LogP contribution >= 0.6 is 0 Å². The molecule has 0 radical (unpaired) electrons. The molecule has 0 unspecified atom stereocenters. The molecule has 2 rings (SSSR count). The molecule has 2 heterocycles. The zero-order chi connectivity index (χ0) is 15.2. The van der Waals surface area contributed by atoms with Crippen LogP contribution in [0.3, 0.4) is 0 Å². The van der Waals surface area contributed by atoms with Gasteiger partial charge < -0.3 is 15.1 Å². The van der Waals surface area contributed by atoms with Gasteiger partial charge >= 0.3 is 11.8 Å². The highest BCUT2D eigenvalue weighted by atomic mass is 16.2. The number of nitrogens with zero attached hydrogens (tertiary/aromatic N) is 3. The van der Waals surface area contributed by atoms with Gasteiger partial charge in [-0.2, -0.15) is 0 Å². The molecule has 21 heavy (non-hydrogen) atoms. The Morgan fingerprint density at radius 3 is 2.71 bits per heavy atom. The fourth-order valence-corrected chi connectivity index (χ4v) is 2.46. The van der Waals surface area contributed by atoms with Crippen LogP contribution in [0.2, 0.25) is 0 Å². The highest BCUT2D eigenvalue weighted by Crippen LogP contribution is 2.14. The average molecular weight is 290 g/mol. The Morgan fingerprint density at radius 2 is 2.10 bits per heavy atom. The van der Waals surface area contributed by atoms with E-state index in [4.69, 9.17) is 0 Å². The Balaban J connectivity index is 1.82. The molecule has 6 heteroatoms. The van der Waals surface area contributed by atoms with Crippen molar-refractivity contribution in [3.05, 3.63) is 30.1 Å². The van der Waals surface area contributed by atoms with E-state index in [1.807, 2.05) is 18.2 Å². The number of carbonyl (C=O) groups excluding carboxylic acids is 2. The Bertz CT molecular complexity index is 484. The van der Waals surface area contributed by atoms with Crippen LogP contribution in [0, 0.1) is 0 Å². The summed E-state index contributed by atoms with van der Waals surface area (Å²) in [4.78, 5) is 32.0. The van der Waals surface area contributed by atoms with E-state index in [1.54, 1.807) is 18.1 Å². The van der Waals surface area contributed by atoms with Crippen LogP contribution in [-0.4, -0.2) is 59.8 Å². The molecule has 1 aliphatic heterocycles. The van der Waals surface area contributed by atoms with Crippen molar-refractivity contribution in [3.8, 4) is 0 Å². The number of likely N-dealkylation sites (N-methyl/N-ethyl adjacent to an activating group) is 1. The van der Waals surface area contributed by atoms with E-state index in [-0.39, 0.29) is 12.6 Å². The molecule has 1 fully saturated rings. The summed E-state index contributed by atoms with van der Waals surface area (Å²) in [7, 11) is 3.77. The van der Waals surface area contributed by atoms with E-state index in [0.29, 0.717) is 0 Å². The fraction of sp³-hybridized carbons (Fsp3) is 0.533. The van der Waals surface area contributed by atoms with Crippen molar-refractivity contribution in [1.29, 1.82) is 0 Å². The van der Waals surface area contributed by atoms with Crippen molar-refractivity contribution < 1.29 is 9.59 Å². The summed E-state index contributed by atoms with van der Waals surface area (Å²) in [6, 6.07) is 5.62. The topological polar surface area (TPSA) is 65.5 Å². The minimum absolute atomic E-state index is 0.148. The summed E-state index contributed by atoms with van der Waals surface area (Å²) in [6.07, 6.45) is 3.48. The van der Waals surface area contributed by atoms with Crippen LogP contribution < -0.4 is 5.32 Å². The van der Waals surface area contributed by atoms with Gasteiger partial charge in [-0.15, -0.1) is 0 Å². The van der Waals surface area contributed by atoms with Gasteiger partial charge in [-0.25, -0.2) is 0 Å². The molecular formula is C15H22N4O2. The second kappa shape index (κ2) is 7.17. The highest BCUT2D eigenvalue weighted by molar-refractivity contribution is 6.34. The van der Waals surface area contributed by atoms with E-state index in [2.05, 4.69) is 22.2 Å². The Labute approximate surface area is 125 Å². The summed E-state index contributed by atoms with van der Waals surface area (Å²) in [5, 5.41) is 2.62. The second-order valence-corrected chi connectivity index (χ2v) is 5.45. The fourth-order valence-electron chi connectivity index (χ4n) is 2.46. The van der Waals surface area contributed by atoms with E-state index in [0.717, 1.165) is 31.6 Å². The van der Waals surface area contributed by atoms with E-state index < -0.39 is 11.8 Å². The van der Waals surface area contributed by atoms with Crippen LogP contribution in [0.4, 0.5) is 0 Å². The van der Waals surface area contributed by atoms with Crippen molar-refractivity contribution in [2.24, 2.45) is 0 Å².